The monoisotopic (exact) mass is 251 g/mol. The molecule has 3 rings (SSSR count). The highest BCUT2D eigenvalue weighted by Crippen LogP contribution is 2.52. The van der Waals surface area contributed by atoms with Crippen LogP contribution in [0.5, 0.6) is 0 Å². The van der Waals surface area contributed by atoms with Crippen LogP contribution in [0.4, 0.5) is 0 Å². The van der Waals surface area contributed by atoms with Gasteiger partial charge in [-0.1, -0.05) is 33.6 Å². The van der Waals surface area contributed by atoms with Gasteiger partial charge in [0.15, 0.2) is 0 Å². The molecule has 0 aromatic rings. The van der Waals surface area contributed by atoms with Crippen molar-refractivity contribution in [1.82, 2.24) is 5.32 Å². The van der Waals surface area contributed by atoms with Gasteiger partial charge in [-0.2, -0.15) is 0 Å². The van der Waals surface area contributed by atoms with Crippen molar-refractivity contribution in [3.8, 4) is 0 Å². The normalized spacial score (nSPS) is 47.2. The largest absolute Gasteiger partial charge is 0.377 e. The van der Waals surface area contributed by atoms with E-state index in [4.69, 9.17) is 4.74 Å². The van der Waals surface area contributed by atoms with Gasteiger partial charge in [-0.25, -0.2) is 0 Å². The standard InChI is InChI=1S/C16H29NO/c1-11-5-4-6-12(8-7-11)17-14-13-9-10-18-15(13)16(14,2)3/h11-15,17H,4-10H2,1-3H3. The third kappa shape index (κ3) is 2.12. The molecule has 0 bridgehead atoms. The van der Waals surface area contributed by atoms with Crippen LogP contribution in [-0.4, -0.2) is 24.8 Å². The Morgan fingerprint density at radius 1 is 1.06 bits per heavy atom. The summed E-state index contributed by atoms with van der Waals surface area (Å²) in [5.41, 5.74) is 0.346. The first-order valence-electron chi connectivity index (χ1n) is 7.96. The molecule has 104 valence electrons. The Bertz CT molecular complexity index is 301. The van der Waals surface area contributed by atoms with Gasteiger partial charge in [0.2, 0.25) is 0 Å². The summed E-state index contributed by atoms with van der Waals surface area (Å²) in [7, 11) is 0. The minimum absolute atomic E-state index is 0.346. The Labute approximate surface area is 112 Å². The van der Waals surface area contributed by atoms with Crippen molar-refractivity contribution in [2.24, 2.45) is 17.3 Å². The number of nitrogens with one attached hydrogen (secondary N) is 1. The zero-order chi connectivity index (χ0) is 12.8. The summed E-state index contributed by atoms with van der Waals surface area (Å²) in [6.45, 7) is 8.17. The van der Waals surface area contributed by atoms with E-state index < -0.39 is 0 Å². The van der Waals surface area contributed by atoms with Gasteiger partial charge in [-0.15, -0.1) is 0 Å². The van der Waals surface area contributed by atoms with Gasteiger partial charge in [0.1, 0.15) is 0 Å². The maximum atomic E-state index is 5.89. The topological polar surface area (TPSA) is 21.3 Å². The quantitative estimate of drug-likeness (QED) is 0.760. The van der Waals surface area contributed by atoms with Gasteiger partial charge in [0.25, 0.3) is 0 Å². The minimum atomic E-state index is 0.346. The summed E-state index contributed by atoms with van der Waals surface area (Å²) in [6, 6.07) is 1.46. The van der Waals surface area contributed by atoms with Crippen molar-refractivity contribution < 1.29 is 4.74 Å². The first-order valence-corrected chi connectivity index (χ1v) is 7.96. The molecule has 0 spiro atoms. The lowest BCUT2D eigenvalue weighted by Crippen LogP contribution is -2.67. The fraction of sp³-hybridized carbons (Fsp3) is 1.00. The van der Waals surface area contributed by atoms with Crippen molar-refractivity contribution in [3.63, 3.8) is 0 Å². The van der Waals surface area contributed by atoms with Crippen molar-refractivity contribution >= 4 is 0 Å². The molecule has 0 aromatic carbocycles. The predicted molar refractivity (Wildman–Crippen MR) is 74.6 cm³/mol. The lowest BCUT2D eigenvalue weighted by Gasteiger charge is -2.56. The first-order chi connectivity index (χ1) is 8.59. The van der Waals surface area contributed by atoms with Gasteiger partial charge >= 0.3 is 0 Å². The summed E-state index contributed by atoms with van der Waals surface area (Å²) in [5.74, 6) is 1.73. The summed E-state index contributed by atoms with van der Waals surface area (Å²) in [4.78, 5) is 0. The van der Waals surface area contributed by atoms with Crippen LogP contribution in [0.2, 0.25) is 0 Å². The fourth-order valence-electron chi connectivity index (χ4n) is 4.57. The summed E-state index contributed by atoms with van der Waals surface area (Å²) in [5, 5.41) is 4.00. The molecule has 1 N–H and O–H groups in total. The summed E-state index contributed by atoms with van der Waals surface area (Å²) < 4.78 is 5.89. The molecule has 5 atom stereocenters. The average molecular weight is 251 g/mol. The van der Waals surface area contributed by atoms with Crippen LogP contribution in [-0.2, 0) is 4.74 Å². The van der Waals surface area contributed by atoms with Gasteiger partial charge in [0.05, 0.1) is 6.10 Å². The smallest absolute Gasteiger partial charge is 0.0685 e. The second-order valence-corrected chi connectivity index (χ2v) is 7.52. The fourth-order valence-corrected chi connectivity index (χ4v) is 4.57. The van der Waals surface area contributed by atoms with E-state index in [9.17, 15) is 0 Å². The first kappa shape index (κ1) is 12.9. The molecule has 3 aliphatic rings. The van der Waals surface area contributed by atoms with E-state index in [1.165, 1.54) is 38.5 Å². The number of hydrogen-bond donors (Lipinski definition) is 1. The van der Waals surface area contributed by atoms with E-state index in [-0.39, 0.29) is 0 Å². The van der Waals surface area contributed by atoms with Crippen LogP contribution in [0.3, 0.4) is 0 Å². The average Bonchev–Trinajstić information content (AvgIpc) is 2.69. The third-order valence-corrected chi connectivity index (χ3v) is 5.77. The van der Waals surface area contributed by atoms with E-state index in [0.717, 1.165) is 24.5 Å². The number of fused-ring (bicyclic) bond motifs is 1. The van der Waals surface area contributed by atoms with Gasteiger partial charge in [0, 0.05) is 30.0 Å². The molecular formula is C16H29NO. The second-order valence-electron chi connectivity index (χ2n) is 7.52. The van der Waals surface area contributed by atoms with Crippen LogP contribution in [0, 0.1) is 17.3 Å². The van der Waals surface area contributed by atoms with Crippen molar-refractivity contribution in [3.05, 3.63) is 0 Å². The van der Waals surface area contributed by atoms with Gasteiger partial charge < -0.3 is 10.1 Å². The molecule has 0 radical (unpaired) electrons. The van der Waals surface area contributed by atoms with Gasteiger partial charge in [-0.05, 0) is 31.6 Å². The van der Waals surface area contributed by atoms with Crippen molar-refractivity contribution in [2.45, 2.75) is 77.5 Å². The molecule has 1 heterocycles. The Balaban J connectivity index is 1.59. The zero-order valence-corrected chi connectivity index (χ0v) is 12.2. The third-order valence-electron chi connectivity index (χ3n) is 5.77. The Morgan fingerprint density at radius 2 is 1.89 bits per heavy atom. The number of ether oxygens (including phenoxy) is 1. The van der Waals surface area contributed by atoms with Crippen LogP contribution in [0.15, 0.2) is 0 Å². The summed E-state index contributed by atoms with van der Waals surface area (Å²) >= 11 is 0. The molecule has 2 nitrogen and oxygen atoms in total. The van der Waals surface area contributed by atoms with Crippen LogP contribution in [0.1, 0.15) is 59.3 Å². The second kappa shape index (κ2) is 4.79. The van der Waals surface area contributed by atoms with Crippen LogP contribution < -0.4 is 5.32 Å². The van der Waals surface area contributed by atoms with Crippen molar-refractivity contribution in [1.29, 1.82) is 0 Å². The zero-order valence-electron chi connectivity index (χ0n) is 12.2. The maximum Gasteiger partial charge on any atom is 0.0685 e. The maximum absolute atomic E-state index is 5.89. The molecule has 1 aliphatic heterocycles. The Kier molecular flexibility index (Phi) is 3.44. The molecule has 2 heteroatoms. The lowest BCUT2D eigenvalue weighted by atomic mass is 9.57. The molecule has 3 fully saturated rings. The van der Waals surface area contributed by atoms with Crippen LogP contribution >= 0.6 is 0 Å². The highest BCUT2D eigenvalue weighted by molar-refractivity contribution is 5.11. The Morgan fingerprint density at radius 3 is 2.72 bits per heavy atom. The SMILES string of the molecule is CC1CCCC(NC2C3CCOC3C2(C)C)CC1. The molecule has 0 amide bonds. The Hall–Kier alpha value is -0.0800. The van der Waals surface area contributed by atoms with Crippen molar-refractivity contribution in [2.75, 3.05) is 6.61 Å². The molecule has 2 aliphatic carbocycles. The van der Waals surface area contributed by atoms with E-state index >= 15 is 0 Å². The lowest BCUT2D eigenvalue weighted by molar-refractivity contribution is -0.115. The van der Waals surface area contributed by atoms with Gasteiger partial charge in [-0.3, -0.25) is 0 Å². The highest BCUT2D eigenvalue weighted by Gasteiger charge is 2.59. The van der Waals surface area contributed by atoms with E-state index in [1.54, 1.807) is 0 Å². The van der Waals surface area contributed by atoms with Crippen LogP contribution in [0.25, 0.3) is 0 Å². The molecule has 5 unspecified atom stereocenters. The molecule has 18 heavy (non-hydrogen) atoms. The molecular weight excluding hydrogens is 222 g/mol. The predicted octanol–water partition coefficient (Wildman–Crippen LogP) is 3.36. The molecule has 1 saturated heterocycles. The van der Waals surface area contributed by atoms with E-state index in [1.807, 2.05) is 0 Å². The minimum Gasteiger partial charge on any atom is -0.377 e. The van der Waals surface area contributed by atoms with E-state index in [2.05, 4.69) is 26.1 Å². The van der Waals surface area contributed by atoms with E-state index in [0.29, 0.717) is 17.6 Å². The summed E-state index contributed by atoms with van der Waals surface area (Å²) in [6.07, 6.45) is 8.82. The number of hydrogen-bond acceptors (Lipinski definition) is 2. The molecule has 2 saturated carbocycles. The number of rotatable bonds is 2. The molecule has 0 aromatic heterocycles. The highest BCUT2D eigenvalue weighted by atomic mass is 16.5.